The second-order valence-corrected chi connectivity index (χ2v) is 16.9. The first-order chi connectivity index (χ1) is 28.7. The van der Waals surface area contributed by atoms with E-state index in [0.29, 0.717) is 124 Å². The van der Waals surface area contributed by atoms with Gasteiger partial charge in [-0.2, -0.15) is 0 Å². The molecule has 0 fully saturated rings. The zero-order chi connectivity index (χ0) is 42.7. The maximum absolute atomic E-state index is 12.5. The van der Waals surface area contributed by atoms with Gasteiger partial charge in [-0.05, 0) is 77.2 Å². The van der Waals surface area contributed by atoms with Crippen molar-refractivity contribution in [1.29, 1.82) is 0 Å². The number of carbonyl (C=O) groups is 2. The number of nitrogens with zero attached hydrogens (tertiary/aromatic N) is 1. The van der Waals surface area contributed by atoms with Gasteiger partial charge in [0.1, 0.15) is 5.78 Å². The average molecular weight is 874 g/mol. The van der Waals surface area contributed by atoms with Crippen LogP contribution in [0.5, 0.6) is 0 Å². The van der Waals surface area contributed by atoms with Crippen LogP contribution >= 0.6 is 11.3 Å². The SMILES string of the molecule is CC(=O)Nc1nc(C)c(S(=O)(=O)NCCOCCCOCCCOCCCOCCCOCCCOCCCOCCCOCCC(=O)CCCc2ccc(C)cc2)s1. The highest BCUT2D eigenvalue weighted by Gasteiger charge is 2.21. The number of nitrogens with one attached hydrogen (secondary N) is 2. The van der Waals surface area contributed by atoms with Crippen molar-refractivity contribution >= 4 is 38.2 Å². The van der Waals surface area contributed by atoms with Crippen molar-refractivity contribution in [2.75, 3.05) is 118 Å². The third-order valence-corrected chi connectivity index (χ3v) is 11.6. The first-order valence-electron chi connectivity index (χ1n) is 21.1. The summed E-state index contributed by atoms with van der Waals surface area (Å²) < 4.78 is 72.5. The van der Waals surface area contributed by atoms with E-state index in [4.69, 9.17) is 37.9 Å². The lowest BCUT2D eigenvalue weighted by molar-refractivity contribution is -0.120. The molecule has 0 aliphatic carbocycles. The Labute approximate surface area is 356 Å². The van der Waals surface area contributed by atoms with E-state index in [1.54, 1.807) is 6.92 Å². The molecule has 2 N–H and O–H groups in total. The van der Waals surface area contributed by atoms with E-state index in [0.717, 1.165) is 62.7 Å². The van der Waals surface area contributed by atoms with E-state index in [-0.39, 0.29) is 34.2 Å². The number of carbonyl (C=O) groups excluding carboxylic acids is 2. The molecule has 0 unspecified atom stereocenters. The predicted octanol–water partition coefficient (Wildman–Crippen LogP) is 5.84. The van der Waals surface area contributed by atoms with E-state index in [1.165, 1.54) is 18.1 Å². The number of anilines is 1. The smallest absolute Gasteiger partial charge is 0.252 e. The molecule has 1 amide bonds. The van der Waals surface area contributed by atoms with Crippen LogP contribution in [0.3, 0.4) is 0 Å². The molecule has 338 valence electrons. The molecule has 2 rings (SSSR count). The summed E-state index contributed by atoms with van der Waals surface area (Å²) in [6.45, 7) is 14.7. The lowest BCUT2D eigenvalue weighted by Gasteiger charge is -2.08. The average Bonchev–Trinajstić information content (AvgIpc) is 3.58. The van der Waals surface area contributed by atoms with Gasteiger partial charge >= 0.3 is 0 Å². The van der Waals surface area contributed by atoms with Crippen molar-refractivity contribution in [3.8, 4) is 0 Å². The summed E-state index contributed by atoms with van der Waals surface area (Å²) in [6, 6.07) is 8.49. The van der Waals surface area contributed by atoms with Gasteiger partial charge in [0.2, 0.25) is 5.91 Å². The van der Waals surface area contributed by atoms with Gasteiger partial charge in [-0.15, -0.1) is 0 Å². The van der Waals surface area contributed by atoms with E-state index in [2.05, 4.69) is 46.2 Å². The molecule has 0 aliphatic rings. The summed E-state index contributed by atoms with van der Waals surface area (Å²) in [5.41, 5.74) is 2.87. The number of hydrogen-bond donors (Lipinski definition) is 2. The Hall–Kier alpha value is -2.42. The molecule has 0 spiro atoms. The zero-order valence-corrected chi connectivity index (χ0v) is 37.4. The van der Waals surface area contributed by atoms with E-state index in [9.17, 15) is 18.0 Å². The molecule has 17 heteroatoms. The fourth-order valence-corrected chi connectivity index (χ4v) is 7.88. The van der Waals surface area contributed by atoms with E-state index in [1.807, 2.05) is 0 Å². The molecule has 0 aliphatic heterocycles. The molecule has 1 aromatic carbocycles. The highest BCUT2D eigenvalue weighted by molar-refractivity contribution is 7.91. The molecule has 0 radical (unpaired) electrons. The van der Waals surface area contributed by atoms with Crippen LogP contribution in [0, 0.1) is 13.8 Å². The number of aryl methyl sites for hydroxylation is 3. The van der Waals surface area contributed by atoms with Gasteiger partial charge in [-0.1, -0.05) is 41.2 Å². The van der Waals surface area contributed by atoms with Crippen molar-refractivity contribution in [2.24, 2.45) is 0 Å². The Morgan fingerprint density at radius 3 is 1.41 bits per heavy atom. The highest BCUT2D eigenvalue weighted by Crippen LogP contribution is 2.26. The molecular weight excluding hydrogens is 803 g/mol. The van der Waals surface area contributed by atoms with Crippen LogP contribution in [-0.4, -0.2) is 137 Å². The van der Waals surface area contributed by atoms with E-state index < -0.39 is 10.0 Å². The molecule has 15 nitrogen and oxygen atoms in total. The standard InChI is InChI=1S/C42H71N3O12S2/c1-36-14-16-39(17-15-36)12-4-13-40(47)18-34-56-32-10-30-54-28-8-26-52-24-6-22-50-20-5-21-51-23-7-25-53-27-9-29-55-31-11-33-57-35-19-43-59(48,49)41-37(2)44-42(58-41)45-38(3)46/h14-17,43H,4-13,18-35H2,1-3H3,(H,44,45,46). The molecule has 1 aromatic heterocycles. The number of amides is 1. The maximum Gasteiger partial charge on any atom is 0.252 e. The summed E-state index contributed by atoms with van der Waals surface area (Å²) in [6.07, 6.45) is 8.66. The fourth-order valence-electron chi connectivity index (χ4n) is 5.36. The van der Waals surface area contributed by atoms with E-state index >= 15 is 0 Å². The number of aromatic nitrogens is 1. The van der Waals surface area contributed by atoms with Gasteiger partial charge in [0, 0.05) is 119 Å². The quantitative estimate of drug-likeness (QED) is 0.0762. The molecular formula is C42H71N3O12S2. The largest absolute Gasteiger partial charge is 0.381 e. The van der Waals surface area contributed by atoms with Crippen LogP contribution in [0.25, 0.3) is 0 Å². The lowest BCUT2D eigenvalue weighted by atomic mass is 10.0. The first kappa shape index (κ1) is 52.7. The topological polar surface area (TPSA) is 179 Å². The molecule has 59 heavy (non-hydrogen) atoms. The molecule has 0 atom stereocenters. The fraction of sp³-hybridized carbons (Fsp3) is 0.738. The van der Waals surface area contributed by atoms with Crippen molar-refractivity contribution in [1.82, 2.24) is 9.71 Å². The van der Waals surface area contributed by atoms with Crippen molar-refractivity contribution in [3.05, 3.63) is 41.1 Å². The summed E-state index contributed by atoms with van der Waals surface area (Å²) in [7, 11) is -3.73. The normalized spacial score (nSPS) is 11.7. The minimum atomic E-state index is -3.73. The summed E-state index contributed by atoms with van der Waals surface area (Å²) in [4.78, 5) is 27.3. The monoisotopic (exact) mass is 873 g/mol. The third kappa shape index (κ3) is 29.5. The first-order valence-corrected chi connectivity index (χ1v) is 23.4. The number of Topliss-reactive ketones (excluding diaryl/α,β-unsaturated/α-hetero) is 1. The molecule has 0 saturated heterocycles. The van der Waals surface area contributed by atoms with Crippen LogP contribution < -0.4 is 10.0 Å². The van der Waals surface area contributed by atoms with Gasteiger partial charge < -0.3 is 43.2 Å². The second-order valence-electron chi connectivity index (χ2n) is 14.0. The van der Waals surface area contributed by atoms with Crippen molar-refractivity contribution in [2.45, 2.75) is 95.6 Å². The number of rotatable bonds is 41. The van der Waals surface area contributed by atoms with Gasteiger partial charge in [0.25, 0.3) is 10.0 Å². The number of sulfonamides is 1. The summed E-state index contributed by atoms with van der Waals surface area (Å²) in [5.74, 6) is -0.0429. The lowest BCUT2D eigenvalue weighted by Crippen LogP contribution is -2.27. The van der Waals surface area contributed by atoms with Crippen LogP contribution in [0.1, 0.15) is 88.0 Å². The molecule has 2 aromatic rings. The third-order valence-electron chi connectivity index (χ3n) is 8.43. The zero-order valence-electron chi connectivity index (χ0n) is 35.8. The Balaban J connectivity index is 1.19. The highest BCUT2D eigenvalue weighted by atomic mass is 32.2. The predicted molar refractivity (Wildman–Crippen MR) is 229 cm³/mol. The van der Waals surface area contributed by atoms with Crippen molar-refractivity contribution < 1.29 is 55.9 Å². The number of benzene rings is 1. The second kappa shape index (κ2) is 35.2. The summed E-state index contributed by atoms with van der Waals surface area (Å²) >= 11 is 0.912. The van der Waals surface area contributed by atoms with Crippen LogP contribution in [0.15, 0.2) is 28.5 Å². The number of hydrogen-bond acceptors (Lipinski definition) is 14. The number of ketones is 1. The Morgan fingerprint density at radius 1 is 0.576 bits per heavy atom. The maximum atomic E-state index is 12.5. The van der Waals surface area contributed by atoms with Crippen LogP contribution in [0.2, 0.25) is 0 Å². The van der Waals surface area contributed by atoms with Gasteiger partial charge in [0.15, 0.2) is 9.34 Å². The summed E-state index contributed by atoms with van der Waals surface area (Å²) in [5, 5.41) is 2.75. The molecule has 1 heterocycles. The minimum absolute atomic E-state index is 0.0755. The Kier molecular flexibility index (Phi) is 31.5. The Bertz CT molecular complexity index is 1460. The van der Waals surface area contributed by atoms with Crippen LogP contribution in [-0.2, 0) is 63.9 Å². The molecule has 0 saturated carbocycles. The molecule has 0 bridgehead atoms. The number of ether oxygens (including phenoxy) is 8. The van der Waals surface area contributed by atoms with Gasteiger partial charge in [-0.3, -0.25) is 9.59 Å². The van der Waals surface area contributed by atoms with Crippen LogP contribution in [0.4, 0.5) is 5.13 Å². The minimum Gasteiger partial charge on any atom is -0.381 e. The van der Waals surface area contributed by atoms with Crippen molar-refractivity contribution in [3.63, 3.8) is 0 Å². The number of thiazole rings is 1. The van der Waals surface area contributed by atoms with Gasteiger partial charge in [0.05, 0.1) is 18.9 Å². The Morgan fingerprint density at radius 2 is 0.983 bits per heavy atom. The van der Waals surface area contributed by atoms with Gasteiger partial charge in [-0.25, -0.2) is 18.1 Å².